The Hall–Kier alpha value is -2.37. The van der Waals surface area contributed by atoms with Crippen molar-refractivity contribution in [3.8, 4) is 11.3 Å². The quantitative estimate of drug-likeness (QED) is 0.660. The number of carbonyl (C=O) groups is 1. The van der Waals surface area contributed by atoms with E-state index in [9.17, 15) is 14.3 Å². The molecule has 1 unspecified atom stereocenters. The number of H-pyrrole nitrogens is 1. The summed E-state index contributed by atoms with van der Waals surface area (Å²) in [7, 11) is 0. The van der Waals surface area contributed by atoms with E-state index in [2.05, 4.69) is 36.1 Å². The Morgan fingerprint density at radius 2 is 1.85 bits per heavy atom. The van der Waals surface area contributed by atoms with Gasteiger partial charge in [-0.1, -0.05) is 40.0 Å². The van der Waals surface area contributed by atoms with Gasteiger partial charge in [-0.3, -0.25) is 0 Å². The number of benzene rings is 1. The van der Waals surface area contributed by atoms with Crippen LogP contribution in [0.3, 0.4) is 0 Å². The second-order valence-corrected chi connectivity index (χ2v) is 8.54. The maximum Gasteiger partial charge on any atom is 0.405 e. The molecule has 1 aliphatic rings. The molecule has 6 heteroatoms. The first-order chi connectivity index (χ1) is 12.7. The van der Waals surface area contributed by atoms with Crippen LogP contribution in [0.25, 0.3) is 11.3 Å². The van der Waals surface area contributed by atoms with E-state index in [1.54, 1.807) is 18.3 Å². The van der Waals surface area contributed by atoms with Crippen molar-refractivity contribution < 1.29 is 14.3 Å². The molecular weight excluding hydrogens is 345 g/mol. The van der Waals surface area contributed by atoms with Crippen LogP contribution >= 0.6 is 0 Å². The summed E-state index contributed by atoms with van der Waals surface area (Å²) >= 11 is 0. The molecule has 1 aromatic heterocycles. The van der Waals surface area contributed by atoms with Gasteiger partial charge in [0, 0.05) is 5.41 Å². The number of carboxylic acid groups (broad SMARTS) is 1. The predicted molar refractivity (Wildman–Crippen MR) is 103 cm³/mol. The average molecular weight is 373 g/mol. The van der Waals surface area contributed by atoms with E-state index >= 15 is 0 Å². The lowest BCUT2D eigenvalue weighted by Crippen LogP contribution is -2.49. The zero-order valence-corrected chi connectivity index (χ0v) is 16.2. The molecule has 146 valence electrons. The van der Waals surface area contributed by atoms with Crippen LogP contribution in [-0.4, -0.2) is 21.2 Å². The number of nitrogens with zero attached hydrogens (tertiary/aromatic N) is 1. The van der Waals surface area contributed by atoms with Gasteiger partial charge in [-0.2, -0.15) is 0 Å². The molecule has 0 bridgehead atoms. The van der Waals surface area contributed by atoms with Gasteiger partial charge < -0.3 is 15.4 Å². The SMILES string of the molecule is CC(C)(C)C1(C(NC(=O)O)c2ncc(-c3ccc(F)cc3)[nH]2)CCCCC1. The molecule has 1 atom stereocenters. The summed E-state index contributed by atoms with van der Waals surface area (Å²) in [6.07, 6.45) is 5.90. The van der Waals surface area contributed by atoms with Crippen LogP contribution in [0, 0.1) is 16.6 Å². The molecule has 2 aromatic rings. The van der Waals surface area contributed by atoms with E-state index in [1.807, 2.05) is 0 Å². The minimum Gasteiger partial charge on any atom is -0.465 e. The minimum absolute atomic E-state index is 0.0939. The van der Waals surface area contributed by atoms with E-state index < -0.39 is 12.1 Å². The smallest absolute Gasteiger partial charge is 0.405 e. The van der Waals surface area contributed by atoms with E-state index in [-0.39, 0.29) is 16.6 Å². The van der Waals surface area contributed by atoms with Crippen molar-refractivity contribution in [2.75, 3.05) is 0 Å². The van der Waals surface area contributed by atoms with Crippen LogP contribution in [-0.2, 0) is 0 Å². The van der Waals surface area contributed by atoms with Gasteiger partial charge in [-0.05, 0) is 48.1 Å². The summed E-state index contributed by atoms with van der Waals surface area (Å²) in [6, 6.07) is 5.75. The Morgan fingerprint density at radius 3 is 2.41 bits per heavy atom. The zero-order valence-electron chi connectivity index (χ0n) is 16.2. The van der Waals surface area contributed by atoms with Crippen molar-refractivity contribution in [3.63, 3.8) is 0 Å². The van der Waals surface area contributed by atoms with Crippen LogP contribution in [0.2, 0.25) is 0 Å². The van der Waals surface area contributed by atoms with Gasteiger partial charge in [-0.15, -0.1) is 0 Å². The van der Waals surface area contributed by atoms with Crippen molar-refractivity contribution in [3.05, 3.63) is 42.1 Å². The molecule has 0 saturated heterocycles. The van der Waals surface area contributed by atoms with Crippen molar-refractivity contribution in [2.45, 2.75) is 58.9 Å². The Labute approximate surface area is 159 Å². The third-order valence-corrected chi connectivity index (χ3v) is 6.08. The summed E-state index contributed by atoms with van der Waals surface area (Å²) in [5.74, 6) is 0.325. The molecule has 1 amide bonds. The molecule has 1 aromatic carbocycles. The molecule has 5 nitrogen and oxygen atoms in total. The fraction of sp³-hybridized carbons (Fsp3) is 0.524. The lowest BCUT2D eigenvalue weighted by molar-refractivity contribution is -0.00443. The summed E-state index contributed by atoms with van der Waals surface area (Å²) in [5.41, 5.74) is 1.25. The van der Waals surface area contributed by atoms with E-state index in [0.29, 0.717) is 5.82 Å². The second-order valence-electron chi connectivity index (χ2n) is 8.54. The average Bonchev–Trinajstić information content (AvgIpc) is 3.09. The maximum absolute atomic E-state index is 13.2. The highest BCUT2D eigenvalue weighted by Crippen LogP contribution is 2.56. The third-order valence-electron chi connectivity index (χ3n) is 6.08. The summed E-state index contributed by atoms with van der Waals surface area (Å²) in [4.78, 5) is 19.4. The number of halogens is 1. The molecule has 0 radical (unpaired) electrons. The van der Waals surface area contributed by atoms with Gasteiger partial charge in [-0.25, -0.2) is 14.2 Å². The van der Waals surface area contributed by atoms with Gasteiger partial charge >= 0.3 is 6.09 Å². The highest BCUT2D eigenvalue weighted by atomic mass is 19.1. The van der Waals surface area contributed by atoms with Gasteiger partial charge in [0.15, 0.2) is 0 Å². The van der Waals surface area contributed by atoms with E-state index in [4.69, 9.17) is 0 Å². The molecule has 3 N–H and O–H groups in total. The molecule has 1 aliphatic carbocycles. The Bertz CT molecular complexity index is 787. The highest BCUT2D eigenvalue weighted by Gasteiger charge is 2.50. The Kier molecular flexibility index (Phi) is 5.27. The number of rotatable bonds is 4. The maximum atomic E-state index is 13.2. The topological polar surface area (TPSA) is 78.0 Å². The zero-order chi connectivity index (χ0) is 19.7. The minimum atomic E-state index is -1.05. The number of amides is 1. The van der Waals surface area contributed by atoms with Gasteiger partial charge in [0.1, 0.15) is 11.6 Å². The monoisotopic (exact) mass is 373 g/mol. The molecule has 3 rings (SSSR count). The van der Waals surface area contributed by atoms with E-state index in [0.717, 1.165) is 36.9 Å². The van der Waals surface area contributed by atoms with Crippen LogP contribution in [0.5, 0.6) is 0 Å². The number of hydrogen-bond acceptors (Lipinski definition) is 2. The van der Waals surface area contributed by atoms with Crippen LogP contribution in [0.1, 0.15) is 64.7 Å². The summed E-state index contributed by atoms with van der Waals surface area (Å²) in [5, 5.41) is 12.3. The van der Waals surface area contributed by atoms with Gasteiger partial charge in [0.2, 0.25) is 0 Å². The molecule has 1 fully saturated rings. The van der Waals surface area contributed by atoms with Gasteiger partial charge in [0.25, 0.3) is 0 Å². The van der Waals surface area contributed by atoms with Crippen molar-refractivity contribution in [1.82, 2.24) is 15.3 Å². The fourth-order valence-electron chi connectivity index (χ4n) is 4.51. The molecule has 1 saturated carbocycles. The lowest BCUT2D eigenvalue weighted by Gasteiger charge is -2.51. The Morgan fingerprint density at radius 1 is 1.22 bits per heavy atom. The van der Waals surface area contributed by atoms with Gasteiger partial charge in [0.05, 0.1) is 17.9 Å². The standard InChI is InChI=1S/C21H28FN3O2/c1-20(2,3)21(11-5-4-6-12-21)17(25-19(26)27)18-23-13-16(24-18)14-7-9-15(22)10-8-14/h7-10,13,17,25H,4-6,11-12H2,1-3H3,(H,23,24)(H,26,27). The van der Waals surface area contributed by atoms with Crippen LogP contribution < -0.4 is 5.32 Å². The fourth-order valence-corrected chi connectivity index (χ4v) is 4.51. The first kappa shape index (κ1) is 19.4. The number of aromatic amines is 1. The largest absolute Gasteiger partial charge is 0.465 e. The number of hydrogen-bond donors (Lipinski definition) is 3. The summed E-state index contributed by atoms with van der Waals surface area (Å²) < 4.78 is 13.2. The van der Waals surface area contributed by atoms with Crippen LogP contribution in [0.4, 0.5) is 9.18 Å². The number of aromatic nitrogens is 2. The first-order valence-corrected chi connectivity index (χ1v) is 9.53. The Balaban J connectivity index is 2.02. The van der Waals surface area contributed by atoms with Crippen molar-refractivity contribution >= 4 is 6.09 Å². The normalized spacial score (nSPS) is 18.1. The molecular formula is C21H28FN3O2. The molecule has 0 spiro atoms. The first-order valence-electron chi connectivity index (χ1n) is 9.53. The van der Waals surface area contributed by atoms with E-state index in [1.165, 1.54) is 18.6 Å². The second kappa shape index (κ2) is 7.33. The molecule has 0 aliphatic heterocycles. The molecule has 1 heterocycles. The third kappa shape index (κ3) is 3.84. The molecule has 27 heavy (non-hydrogen) atoms. The van der Waals surface area contributed by atoms with Crippen molar-refractivity contribution in [1.29, 1.82) is 0 Å². The number of nitrogens with one attached hydrogen (secondary N) is 2. The van der Waals surface area contributed by atoms with Crippen LogP contribution in [0.15, 0.2) is 30.5 Å². The van der Waals surface area contributed by atoms with Crippen molar-refractivity contribution in [2.24, 2.45) is 10.8 Å². The number of imidazole rings is 1. The lowest BCUT2D eigenvalue weighted by atomic mass is 9.55. The summed E-state index contributed by atoms with van der Waals surface area (Å²) in [6.45, 7) is 6.54. The predicted octanol–water partition coefficient (Wildman–Crippen LogP) is 5.52. The highest BCUT2D eigenvalue weighted by molar-refractivity contribution is 5.65.